The van der Waals surface area contributed by atoms with Crippen molar-refractivity contribution in [2.75, 3.05) is 13.2 Å². The molecule has 0 radical (unpaired) electrons. The monoisotopic (exact) mass is 267 g/mol. The molecule has 3 saturated heterocycles. The van der Waals surface area contributed by atoms with Gasteiger partial charge in [-0.1, -0.05) is 12.8 Å². The molecule has 3 fully saturated rings. The van der Waals surface area contributed by atoms with Gasteiger partial charge in [-0.25, -0.2) is 0 Å². The number of carbonyl (C=O) groups excluding carboxylic acids is 2. The molecule has 5 heteroatoms. The number of imide groups is 1. The summed E-state index contributed by atoms with van der Waals surface area (Å²) in [5, 5.41) is 8.70. The molecule has 19 heavy (non-hydrogen) atoms. The average Bonchev–Trinajstić information content (AvgIpc) is 3.06. The molecule has 0 aromatic heterocycles. The number of fused-ring (bicyclic) bond motifs is 5. The summed E-state index contributed by atoms with van der Waals surface area (Å²) in [5.41, 5.74) is 0. The quantitative estimate of drug-likeness (QED) is 0.568. The summed E-state index contributed by atoms with van der Waals surface area (Å²) < 4.78 is 5.69. The molecule has 5 nitrogen and oxygen atoms in total. The van der Waals surface area contributed by atoms with Crippen LogP contribution in [0.3, 0.4) is 0 Å². The van der Waals surface area contributed by atoms with E-state index in [1.807, 2.05) is 0 Å². The maximum Gasteiger partial charge on any atom is 0.235 e. The number of aliphatic hydroxyl groups is 1. The Morgan fingerprint density at radius 2 is 1.58 bits per heavy atom. The second kappa shape index (κ2) is 5.21. The molecule has 0 aromatic carbocycles. The Morgan fingerprint density at radius 1 is 1.00 bits per heavy atom. The van der Waals surface area contributed by atoms with Crippen molar-refractivity contribution in [1.29, 1.82) is 0 Å². The number of rotatable bonds is 6. The first kappa shape index (κ1) is 13.1. The molecule has 1 N–H and O–H groups in total. The van der Waals surface area contributed by atoms with Crippen LogP contribution < -0.4 is 0 Å². The van der Waals surface area contributed by atoms with Gasteiger partial charge in [0.2, 0.25) is 11.8 Å². The molecule has 3 rings (SSSR count). The lowest BCUT2D eigenvalue weighted by atomic mass is 9.81. The van der Waals surface area contributed by atoms with Crippen LogP contribution in [0.5, 0.6) is 0 Å². The molecule has 4 atom stereocenters. The van der Waals surface area contributed by atoms with E-state index >= 15 is 0 Å². The normalized spacial score (nSPS) is 36.4. The Kier molecular flexibility index (Phi) is 3.58. The molecule has 0 unspecified atom stereocenters. The maximum absolute atomic E-state index is 12.3. The highest BCUT2D eigenvalue weighted by Crippen LogP contribution is 2.48. The minimum atomic E-state index is -0.191. The smallest absolute Gasteiger partial charge is 0.235 e. The number of unbranched alkanes of at least 4 members (excludes halogenated alkanes) is 3. The summed E-state index contributed by atoms with van der Waals surface area (Å²) in [6.07, 6.45) is 5.38. The fourth-order valence-electron chi connectivity index (χ4n) is 3.73. The molecule has 2 bridgehead atoms. The van der Waals surface area contributed by atoms with Gasteiger partial charge < -0.3 is 9.84 Å². The Balaban J connectivity index is 1.56. The van der Waals surface area contributed by atoms with E-state index in [9.17, 15) is 9.59 Å². The van der Waals surface area contributed by atoms with Crippen LogP contribution in [0.4, 0.5) is 0 Å². The van der Waals surface area contributed by atoms with Gasteiger partial charge in [0, 0.05) is 13.2 Å². The lowest BCUT2D eigenvalue weighted by molar-refractivity contribution is -0.142. The average molecular weight is 267 g/mol. The zero-order chi connectivity index (χ0) is 13.4. The standard InChI is InChI=1S/C14H21NO4/c16-8-4-2-1-3-7-15-13(17)11-9-5-6-10(19-9)12(11)14(15)18/h9-12,16H,1-8H2/t9-,10+,11-,12+. The number of aliphatic hydroxyl groups excluding tert-OH is 1. The van der Waals surface area contributed by atoms with Crippen molar-refractivity contribution in [3.05, 3.63) is 0 Å². The summed E-state index contributed by atoms with van der Waals surface area (Å²) in [5.74, 6) is -0.402. The van der Waals surface area contributed by atoms with Crippen LogP contribution in [-0.2, 0) is 14.3 Å². The molecule has 0 aromatic rings. The van der Waals surface area contributed by atoms with E-state index in [1.165, 1.54) is 4.90 Å². The molecule has 0 saturated carbocycles. The molecule has 2 amide bonds. The molecule has 3 aliphatic rings. The van der Waals surface area contributed by atoms with Gasteiger partial charge in [0.05, 0.1) is 24.0 Å². The summed E-state index contributed by atoms with van der Waals surface area (Å²) in [6.45, 7) is 0.752. The lowest BCUT2D eigenvalue weighted by Gasteiger charge is -2.17. The zero-order valence-corrected chi connectivity index (χ0v) is 11.1. The van der Waals surface area contributed by atoms with Gasteiger partial charge in [0.15, 0.2) is 0 Å². The third-order valence-corrected chi connectivity index (χ3v) is 4.67. The van der Waals surface area contributed by atoms with Crippen molar-refractivity contribution in [3.8, 4) is 0 Å². The third kappa shape index (κ3) is 2.09. The molecule has 3 aliphatic heterocycles. The van der Waals surface area contributed by atoms with Crippen molar-refractivity contribution in [3.63, 3.8) is 0 Å². The van der Waals surface area contributed by atoms with E-state index < -0.39 is 0 Å². The summed E-state index contributed by atoms with van der Waals surface area (Å²) in [7, 11) is 0. The Labute approximate surface area is 112 Å². The van der Waals surface area contributed by atoms with E-state index in [1.54, 1.807) is 0 Å². The van der Waals surface area contributed by atoms with Crippen LogP contribution in [-0.4, -0.2) is 47.2 Å². The highest BCUT2D eigenvalue weighted by Gasteiger charge is 2.62. The van der Waals surface area contributed by atoms with Gasteiger partial charge in [-0.2, -0.15) is 0 Å². The second-order valence-corrected chi connectivity index (χ2v) is 5.81. The highest BCUT2D eigenvalue weighted by atomic mass is 16.5. The zero-order valence-electron chi connectivity index (χ0n) is 11.1. The van der Waals surface area contributed by atoms with Gasteiger partial charge in [-0.15, -0.1) is 0 Å². The van der Waals surface area contributed by atoms with Gasteiger partial charge in [0.25, 0.3) is 0 Å². The fraction of sp³-hybridized carbons (Fsp3) is 0.857. The van der Waals surface area contributed by atoms with Crippen molar-refractivity contribution in [2.24, 2.45) is 11.8 Å². The number of nitrogens with zero attached hydrogens (tertiary/aromatic N) is 1. The topological polar surface area (TPSA) is 66.8 Å². The number of ether oxygens (including phenoxy) is 1. The number of likely N-dealkylation sites (tertiary alicyclic amines) is 1. The van der Waals surface area contributed by atoms with Crippen LogP contribution in [0.2, 0.25) is 0 Å². The van der Waals surface area contributed by atoms with Crippen molar-refractivity contribution in [1.82, 2.24) is 4.90 Å². The van der Waals surface area contributed by atoms with Crippen molar-refractivity contribution in [2.45, 2.75) is 50.7 Å². The van der Waals surface area contributed by atoms with Crippen LogP contribution in [0.15, 0.2) is 0 Å². The highest BCUT2D eigenvalue weighted by molar-refractivity contribution is 6.06. The second-order valence-electron chi connectivity index (χ2n) is 5.81. The first-order valence-electron chi connectivity index (χ1n) is 7.35. The molecule has 3 heterocycles. The van der Waals surface area contributed by atoms with Crippen molar-refractivity contribution >= 4 is 11.8 Å². The fourth-order valence-corrected chi connectivity index (χ4v) is 3.73. The van der Waals surface area contributed by atoms with Crippen molar-refractivity contribution < 1.29 is 19.4 Å². The number of amides is 2. The minimum absolute atomic E-state index is 0.00848. The van der Waals surface area contributed by atoms with Gasteiger partial charge >= 0.3 is 0 Å². The predicted octanol–water partition coefficient (Wildman–Crippen LogP) is 0.701. The summed E-state index contributed by atoms with van der Waals surface area (Å²) in [4.78, 5) is 26.0. The summed E-state index contributed by atoms with van der Waals surface area (Å²) >= 11 is 0. The first-order valence-corrected chi connectivity index (χ1v) is 7.35. The number of carbonyl (C=O) groups is 2. The Bertz CT molecular complexity index is 356. The maximum atomic E-state index is 12.3. The summed E-state index contributed by atoms with van der Waals surface area (Å²) in [6, 6.07) is 0. The van der Waals surface area contributed by atoms with Crippen LogP contribution in [0, 0.1) is 11.8 Å². The van der Waals surface area contributed by atoms with E-state index in [0.29, 0.717) is 6.54 Å². The van der Waals surface area contributed by atoms with E-state index in [2.05, 4.69) is 0 Å². The predicted molar refractivity (Wildman–Crippen MR) is 67.1 cm³/mol. The van der Waals surface area contributed by atoms with Gasteiger partial charge in [0.1, 0.15) is 0 Å². The molecule has 106 valence electrons. The van der Waals surface area contributed by atoms with E-state index in [-0.39, 0.29) is 42.5 Å². The lowest BCUT2D eigenvalue weighted by Crippen LogP contribution is -2.35. The number of hydrogen-bond donors (Lipinski definition) is 1. The Morgan fingerprint density at radius 3 is 2.16 bits per heavy atom. The van der Waals surface area contributed by atoms with Crippen LogP contribution in [0.25, 0.3) is 0 Å². The Hall–Kier alpha value is -0.940. The van der Waals surface area contributed by atoms with E-state index in [0.717, 1.165) is 38.5 Å². The largest absolute Gasteiger partial charge is 0.396 e. The first-order chi connectivity index (χ1) is 9.24. The minimum Gasteiger partial charge on any atom is -0.396 e. The molecular weight excluding hydrogens is 246 g/mol. The van der Waals surface area contributed by atoms with Crippen LogP contribution >= 0.6 is 0 Å². The molecule has 0 spiro atoms. The molecule has 0 aliphatic carbocycles. The van der Waals surface area contributed by atoms with Gasteiger partial charge in [-0.05, 0) is 25.7 Å². The van der Waals surface area contributed by atoms with Gasteiger partial charge in [-0.3, -0.25) is 14.5 Å². The SMILES string of the molecule is O=C1[C@@H]2[C@H](C(=O)N1CCCCCCO)[C@H]1CC[C@@H]2O1. The van der Waals surface area contributed by atoms with Crippen LogP contribution in [0.1, 0.15) is 38.5 Å². The molecular formula is C14H21NO4. The third-order valence-electron chi connectivity index (χ3n) is 4.67. The number of hydrogen-bond acceptors (Lipinski definition) is 4. The van der Waals surface area contributed by atoms with E-state index in [4.69, 9.17) is 9.84 Å².